The molecular formula is C10H19N5. The summed E-state index contributed by atoms with van der Waals surface area (Å²) < 4.78 is 2.00. The van der Waals surface area contributed by atoms with E-state index in [0.29, 0.717) is 6.04 Å². The zero-order chi connectivity index (χ0) is 10.7. The van der Waals surface area contributed by atoms with Crippen LogP contribution >= 0.6 is 0 Å². The highest BCUT2D eigenvalue weighted by Gasteiger charge is 2.14. The molecule has 0 spiro atoms. The lowest BCUT2D eigenvalue weighted by atomic mass is 10.3. The summed E-state index contributed by atoms with van der Waals surface area (Å²) >= 11 is 0. The van der Waals surface area contributed by atoms with E-state index in [-0.39, 0.29) is 0 Å². The van der Waals surface area contributed by atoms with E-state index >= 15 is 0 Å². The predicted molar refractivity (Wildman–Crippen MR) is 58.6 cm³/mol. The maximum absolute atomic E-state index is 4.32. The van der Waals surface area contributed by atoms with Crippen LogP contribution in [0, 0.1) is 0 Å². The fraction of sp³-hybridized carbons (Fsp3) is 0.800. The van der Waals surface area contributed by atoms with Crippen LogP contribution in [0.2, 0.25) is 0 Å². The molecule has 2 heterocycles. The summed E-state index contributed by atoms with van der Waals surface area (Å²) in [5, 5.41) is 7.59. The van der Waals surface area contributed by atoms with Crippen molar-refractivity contribution in [2.75, 3.05) is 26.2 Å². The van der Waals surface area contributed by atoms with Gasteiger partial charge in [0.15, 0.2) is 0 Å². The van der Waals surface area contributed by atoms with Gasteiger partial charge in [-0.2, -0.15) is 5.10 Å². The molecule has 0 aromatic carbocycles. The summed E-state index contributed by atoms with van der Waals surface area (Å²) in [4.78, 5) is 6.74. The molecule has 5 nitrogen and oxygen atoms in total. The number of piperazine rings is 1. The van der Waals surface area contributed by atoms with Crippen molar-refractivity contribution < 1.29 is 0 Å². The normalized spacial score (nSPS) is 18.6. The van der Waals surface area contributed by atoms with E-state index in [1.54, 1.807) is 6.33 Å². The molecule has 1 fully saturated rings. The molecule has 0 unspecified atom stereocenters. The number of nitrogens with one attached hydrogen (secondary N) is 1. The van der Waals surface area contributed by atoms with Gasteiger partial charge in [-0.1, -0.05) is 0 Å². The molecule has 1 aromatic rings. The first-order valence-corrected chi connectivity index (χ1v) is 5.59. The molecule has 1 aliphatic rings. The van der Waals surface area contributed by atoms with Crippen LogP contribution in [0.25, 0.3) is 0 Å². The van der Waals surface area contributed by atoms with E-state index < -0.39 is 0 Å². The van der Waals surface area contributed by atoms with Crippen LogP contribution in [-0.2, 0) is 6.54 Å². The van der Waals surface area contributed by atoms with Crippen LogP contribution in [0.1, 0.15) is 25.7 Å². The maximum atomic E-state index is 4.32. The Morgan fingerprint density at radius 1 is 1.40 bits per heavy atom. The lowest BCUT2D eigenvalue weighted by Gasteiger charge is -2.27. The van der Waals surface area contributed by atoms with Gasteiger partial charge in [0.2, 0.25) is 0 Å². The molecule has 1 aromatic heterocycles. The average molecular weight is 209 g/mol. The van der Waals surface area contributed by atoms with Crippen molar-refractivity contribution >= 4 is 0 Å². The van der Waals surface area contributed by atoms with E-state index in [4.69, 9.17) is 0 Å². The highest BCUT2D eigenvalue weighted by atomic mass is 15.4. The molecule has 2 rings (SSSR count). The second kappa shape index (κ2) is 4.72. The lowest BCUT2D eigenvalue weighted by molar-refractivity contribution is 0.222. The minimum Gasteiger partial charge on any atom is -0.314 e. The topological polar surface area (TPSA) is 46.0 Å². The predicted octanol–water partition coefficient (Wildman–Crippen LogP) is 0.264. The van der Waals surface area contributed by atoms with Crippen molar-refractivity contribution in [3.8, 4) is 0 Å². The second-order valence-corrected chi connectivity index (χ2v) is 4.24. The Kier molecular flexibility index (Phi) is 3.33. The van der Waals surface area contributed by atoms with Gasteiger partial charge in [0.05, 0.1) is 6.54 Å². The Bertz CT molecular complexity index is 301. The van der Waals surface area contributed by atoms with Gasteiger partial charge in [-0.3, -0.25) is 4.90 Å². The van der Waals surface area contributed by atoms with Gasteiger partial charge in [0.25, 0.3) is 0 Å². The van der Waals surface area contributed by atoms with Crippen molar-refractivity contribution in [1.29, 1.82) is 0 Å². The Hall–Kier alpha value is -0.940. The number of aromatic nitrogens is 3. The molecule has 0 radical (unpaired) electrons. The summed E-state index contributed by atoms with van der Waals surface area (Å²) in [6.07, 6.45) is 1.65. The first-order chi connectivity index (χ1) is 7.27. The van der Waals surface area contributed by atoms with Crippen molar-refractivity contribution in [1.82, 2.24) is 25.0 Å². The van der Waals surface area contributed by atoms with Crippen LogP contribution in [-0.4, -0.2) is 45.8 Å². The Balaban J connectivity index is 1.99. The summed E-state index contributed by atoms with van der Waals surface area (Å²) in [6.45, 7) is 9.55. The molecule has 1 saturated heterocycles. The summed E-state index contributed by atoms with van der Waals surface area (Å²) in [6, 6.07) is 0.394. The molecular weight excluding hydrogens is 190 g/mol. The number of hydrogen-bond acceptors (Lipinski definition) is 4. The molecule has 84 valence electrons. The molecule has 1 N–H and O–H groups in total. The Morgan fingerprint density at radius 3 is 2.80 bits per heavy atom. The third-order valence-corrected chi connectivity index (χ3v) is 2.71. The molecule has 0 aliphatic carbocycles. The minimum atomic E-state index is 0.394. The zero-order valence-electron chi connectivity index (χ0n) is 9.48. The van der Waals surface area contributed by atoms with Crippen molar-refractivity contribution in [2.24, 2.45) is 0 Å². The largest absolute Gasteiger partial charge is 0.314 e. The number of rotatable bonds is 3. The third kappa shape index (κ3) is 2.54. The molecule has 0 bridgehead atoms. The Morgan fingerprint density at radius 2 is 2.13 bits per heavy atom. The first kappa shape index (κ1) is 10.6. The zero-order valence-corrected chi connectivity index (χ0v) is 9.48. The van der Waals surface area contributed by atoms with Gasteiger partial charge < -0.3 is 5.32 Å². The van der Waals surface area contributed by atoms with E-state index in [9.17, 15) is 0 Å². The fourth-order valence-electron chi connectivity index (χ4n) is 1.89. The van der Waals surface area contributed by atoms with Crippen LogP contribution in [0.5, 0.6) is 0 Å². The van der Waals surface area contributed by atoms with Gasteiger partial charge in [-0.05, 0) is 13.8 Å². The number of hydrogen-bond donors (Lipinski definition) is 1. The van der Waals surface area contributed by atoms with Gasteiger partial charge in [-0.15, -0.1) is 0 Å². The number of nitrogens with zero attached hydrogens (tertiary/aromatic N) is 4. The first-order valence-electron chi connectivity index (χ1n) is 5.59. The van der Waals surface area contributed by atoms with Crippen LogP contribution < -0.4 is 5.32 Å². The SMILES string of the molecule is CC(C)n1ncnc1CN1CCNCC1. The fourth-order valence-corrected chi connectivity index (χ4v) is 1.89. The van der Waals surface area contributed by atoms with Crippen LogP contribution in [0.3, 0.4) is 0 Å². The summed E-state index contributed by atoms with van der Waals surface area (Å²) in [5.41, 5.74) is 0. The summed E-state index contributed by atoms with van der Waals surface area (Å²) in [5.74, 6) is 1.08. The van der Waals surface area contributed by atoms with Gasteiger partial charge in [0, 0.05) is 32.2 Å². The van der Waals surface area contributed by atoms with Gasteiger partial charge in [-0.25, -0.2) is 9.67 Å². The molecule has 0 amide bonds. The van der Waals surface area contributed by atoms with Gasteiger partial charge >= 0.3 is 0 Å². The van der Waals surface area contributed by atoms with E-state index in [0.717, 1.165) is 38.5 Å². The van der Waals surface area contributed by atoms with E-state index in [1.165, 1.54) is 0 Å². The lowest BCUT2D eigenvalue weighted by Crippen LogP contribution is -2.43. The molecule has 0 atom stereocenters. The van der Waals surface area contributed by atoms with Crippen molar-refractivity contribution in [2.45, 2.75) is 26.4 Å². The quantitative estimate of drug-likeness (QED) is 0.776. The summed E-state index contributed by atoms with van der Waals surface area (Å²) in [7, 11) is 0. The highest BCUT2D eigenvalue weighted by molar-refractivity contribution is 4.87. The monoisotopic (exact) mass is 209 g/mol. The molecule has 5 heteroatoms. The standard InChI is InChI=1S/C10H19N5/c1-9(2)15-10(12-8-13-15)7-14-5-3-11-4-6-14/h8-9,11H,3-7H2,1-2H3. The van der Waals surface area contributed by atoms with Crippen molar-refractivity contribution in [3.63, 3.8) is 0 Å². The third-order valence-electron chi connectivity index (χ3n) is 2.71. The smallest absolute Gasteiger partial charge is 0.141 e. The van der Waals surface area contributed by atoms with E-state index in [1.807, 2.05) is 4.68 Å². The minimum absolute atomic E-state index is 0.394. The Labute approximate surface area is 90.5 Å². The maximum Gasteiger partial charge on any atom is 0.141 e. The van der Waals surface area contributed by atoms with Crippen LogP contribution in [0.15, 0.2) is 6.33 Å². The van der Waals surface area contributed by atoms with Gasteiger partial charge in [0.1, 0.15) is 12.2 Å². The highest BCUT2D eigenvalue weighted by Crippen LogP contribution is 2.08. The van der Waals surface area contributed by atoms with Crippen LogP contribution in [0.4, 0.5) is 0 Å². The molecule has 0 saturated carbocycles. The second-order valence-electron chi connectivity index (χ2n) is 4.24. The molecule has 15 heavy (non-hydrogen) atoms. The average Bonchev–Trinajstić information content (AvgIpc) is 2.67. The van der Waals surface area contributed by atoms with Crippen molar-refractivity contribution in [3.05, 3.63) is 12.2 Å². The molecule has 1 aliphatic heterocycles. The van der Waals surface area contributed by atoms with E-state index in [2.05, 4.69) is 34.1 Å².